The van der Waals surface area contributed by atoms with Gasteiger partial charge in [0.15, 0.2) is 0 Å². The fraction of sp³-hybridized carbons (Fsp3) is 0.0690. The van der Waals surface area contributed by atoms with Crippen LogP contribution < -0.4 is 4.90 Å². The van der Waals surface area contributed by atoms with E-state index in [0.29, 0.717) is 12.1 Å². The van der Waals surface area contributed by atoms with Gasteiger partial charge in [0.1, 0.15) is 0 Å². The van der Waals surface area contributed by atoms with Crippen molar-refractivity contribution in [1.82, 2.24) is 4.57 Å². The van der Waals surface area contributed by atoms with Gasteiger partial charge in [-0.15, -0.1) is 0 Å². The summed E-state index contributed by atoms with van der Waals surface area (Å²) in [6.07, 6.45) is 10.7. The first-order valence-electron chi connectivity index (χ1n) is 21.4. The van der Waals surface area contributed by atoms with Crippen LogP contribution in [0.3, 0.4) is 0 Å². The van der Waals surface area contributed by atoms with E-state index >= 15 is 0 Å². The molecule has 0 saturated heterocycles. The van der Waals surface area contributed by atoms with Gasteiger partial charge in [-0.3, -0.25) is 10.4 Å². The smallest absolute Gasteiger partial charge is 0.0702 e. The number of fused-ring (bicyclic) bond motifs is 7. The Kier molecular flexibility index (Phi) is 9.01. The highest BCUT2D eigenvalue weighted by molar-refractivity contribution is 6.25. The van der Waals surface area contributed by atoms with Crippen molar-refractivity contribution in [2.75, 3.05) is 4.90 Å². The van der Waals surface area contributed by atoms with Crippen molar-refractivity contribution in [3.05, 3.63) is 240 Å². The van der Waals surface area contributed by atoms with Gasteiger partial charge < -0.3 is 9.47 Å². The van der Waals surface area contributed by atoms with E-state index in [9.17, 15) is 0 Å². The zero-order valence-corrected chi connectivity index (χ0v) is 34.8. The van der Waals surface area contributed by atoms with Gasteiger partial charge in [0.05, 0.1) is 33.8 Å². The summed E-state index contributed by atoms with van der Waals surface area (Å²) in [5.74, 6) is 0. The largest absolute Gasteiger partial charge is 0.310 e. The van der Waals surface area contributed by atoms with E-state index in [2.05, 4.69) is 181 Å². The molecule has 296 valence electrons. The van der Waals surface area contributed by atoms with Crippen LogP contribution in [-0.4, -0.2) is 16.5 Å². The quantitative estimate of drug-likeness (QED) is 0.160. The first-order valence-corrected chi connectivity index (χ1v) is 21.4. The first-order chi connectivity index (χ1) is 30.5. The minimum atomic E-state index is -0.230. The van der Waals surface area contributed by atoms with E-state index < -0.39 is 0 Å². The van der Waals surface area contributed by atoms with Crippen LogP contribution in [0.15, 0.2) is 223 Å². The summed E-state index contributed by atoms with van der Waals surface area (Å²) < 4.78 is 2.42. The molecule has 1 aliphatic carbocycles. The second kappa shape index (κ2) is 15.0. The Labute approximate surface area is 362 Å². The summed E-state index contributed by atoms with van der Waals surface area (Å²) >= 11 is 0. The Morgan fingerprint density at radius 1 is 0.613 bits per heavy atom. The molecule has 2 heterocycles. The lowest BCUT2D eigenvalue weighted by molar-refractivity contribution is 0.632. The van der Waals surface area contributed by atoms with Crippen molar-refractivity contribution in [1.29, 1.82) is 5.41 Å². The van der Waals surface area contributed by atoms with Crippen molar-refractivity contribution in [2.24, 2.45) is 4.99 Å². The zero-order valence-electron chi connectivity index (χ0n) is 34.8. The Hall–Kier alpha value is -7.82. The summed E-state index contributed by atoms with van der Waals surface area (Å²) in [7, 11) is 0. The van der Waals surface area contributed by atoms with Gasteiger partial charge in [-0.05, 0) is 93.2 Å². The van der Waals surface area contributed by atoms with Crippen molar-refractivity contribution < 1.29 is 0 Å². The summed E-state index contributed by atoms with van der Waals surface area (Å²) in [4.78, 5) is 7.49. The number of anilines is 3. The van der Waals surface area contributed by atoms with Crippen LogP contribution in [0.1, 0.15) is 42.5 Å². The molecular weight excluding hydrogens is 753 g/mol. The Morgan fingerprint density at radius 3 is 2.21 bits per heavy atom. The minimum Gasteiger partial charge on any atom is -0.310 e. The van der Waals surface area contributed by atoms with Gasteiger partial charge >= 0.3 is 0 Å². The van der Waals surface area contributed by atoms with E-state index in [1.165, 1.54) is 55.2 Å². The topological polar surface area (TPSA) is 44.4 Å². The fourth-order valence-corrected chi connectivity index (χ4v) is 9.70. The molecule has 4 nitrogen and oxygen atoms in total. The standard InChI is InChI=1S/C58H44N4/c1-58(2)48-28-14-15-30-51(48)61(43-22-8-4-9-23-43)52-34-33-42(37-49(52)58)46-27-17-31-53-56(46)55-45-25-13-12-19-40(45)32-35-54(55)62(53)44-24-16-18-39(36-44)38-60-50-29-11-5-10-26-47(50)57(59)41-20-6-3-7-21-41/h3-28,30-38,59H,29H2,1-2H3. The van der Waals surface area contributed by atoms with E-state index in [-0.39, 0.29) is 5.41 Å². The molecule has 0 radical (unpaired) electrons. The molecule has 11 rings (SSSR count). The number of rotatable bonds is 7. The number of benzene rings is 8. The van der Waals surface area contributed by atoms with Crippen LogP contribution in [0.2, 0.25) is 0 Å². The van der Waals surface area contributed by atoms with Gasteiger partial charge in [-0.25, -0.2) is 0 Å². The van der Waals surface area contributed by atoms with Gasteiger partial charge in [-0.2, -0.15) is 0 Å². The fourth-order valence-electron chi connectivity index (χ4n) is 9.70. The Balaban J connectivity index is 1.08. The molecule has 0 saturated carbocycles. The third-order valence-electron chi connectivity index (χ3n) is 12.7. The third-order valence-corrected chi connectivity index (χ3v) is 12.7. The monoisotopic (exact) mass is 796 g/mol. The van der Waals surface area contributed by atoms with E-state index in [4.69, 9.17) is 10.4 Å². The summed E-state index contributed by atoms with van der Waals surface area (Å²) in [6, 6.07) is 65.3. The predicted octanol–water partition coefficient (Wildman–Crippen LogP) is 15.0. The summed E-state index contributed by atoms with van der Waals surface area (Å²) in [5.41, 5.74) is 15.8. The van der Waals surface area contributed by atoms with Crippen LogP contribution in [0, 0.1) is 5.41 Å². The summed E-state index contributed by atoms with van der Waals surface area (Å²) in [6.45, 7) is 4.72. The maximum Gasteiger partial charge on any atom is 0.0702 e. The number of allylic oxidation sites excluding steroid dienone is 5. The van der Waals surface area contributed by atoms with E-state index in [0.717, 1.165) is 44.8 Å². The molecule has 9 aromatic rings. The number of nitrogens with one attached hydrogen (secondary N) is 1. The third kappa shape index (κ3) is 6.14. The maximum absolute atomic E-state index is 9.08. The lowest BCUT2D eigenvalue weighted by Gasteiger charge is -2.42. The number of aromatic nitrogens is 1. The molecule has 0 bridgehead atoms. The van der Waals surface area contributed by atoms with E-state index in [1.54, 1.807) is 0 Å². The maximum atomic E-state index is 9.08. The molecule has 0 unspecified atom stereocenters. The Bertz CT molecular complexity index is 3360. The van der Waals surface area contributed by atoms with E-state index in [1.807, 2.05) is 54.8 Å². The predicted molar refractivity (Wildman–Crippen MR) is 261 cm³/mol. The van der Waals surface area contributed by atoms with Gasteiger partial charge in [0, 0.05) is 51.3 Å². The molecular formula is C58H44N4. The number of aliphatic imine (C=N–C) groups is 1. The molecule has 8 aromatic carbocycles. The normalized spacial score (nSPS) is 14.5. The molecule has 1 aromatic heterocycles. The Morgan fingerprint density at radius 2 is 1.34 bits per heavy atom. The van der Waals surface area contributed by atoms with Crippen molar-refractivity contribution in [2.45, 2.75) is 25.7 Å². The molecule has 0 spiro atoms. The molecule has 0 atom stereocenters. The van der Waals surface area contributed by atoms with Crippen LogP contribution in [-0.2, 0) is 5.41 Å². The first kappa shape index (κ1) is 37.2. The van der Waals surface area contributed by atoms with Crippen molar-refractivity contribution >= 4 is 61.6 Å². The second-order valence-electron chi connectivity index (χ2n) is 16.7. The minimum absolute atomic E-state index is 0.230. The number of hydrogen-bond donors (Lipinski definition) is 1. The lowest BCUT2D eigenvalue weighted by atomic mass is 9.73. The highest BCUT2D eigenvalue weighted by Gasteiger charge is 2.37. The van der Waals surface area contributed by atoms with Gasteiger partial charge in [0.25, 0.3) is 0 Å². The van der Waals surface area contributed by atoms with Crippen LogP contribution in [0.5, 0.6) is 0 Å². The number of hydrogen-bond acceptors (Lipinski definition) is 3. The van der Waals surface area contributed by atoms with Crippen LogP contribution in [0.4, 0.5) is 17.1 Å². The average molecular weight is 797 g/mol. The SMILES string of the molecule is CC1(C)c2ccccc2N(c2ccccc2)c2ccc(-c3cccc4c3c3c5ccccc5ccc3n4-c3cccc(C=NC4=C(C(=N)c5ccccc5)C=CC=CC4)c3)cc21. The molecule has 62 heavy (non-hydrogen) atoms. The molecule has 4 heteroatoms. The summed E-state index contributed by atoms with van der Waals surface area (Å²) in [5, 5.41) is 14.0. The molecule has 0 amide bonds. The second-order valence-corrected chi connectivity index (χ2v) is 16.7. The number of nitrogens with zero attached hydrogens (tertiary/aromatic N) is 3. The van der Waals surface area contributed by atoms with Crippen molar-refractivity contribution in [3.63, 3.8) is 0 Å². The lowest BCUT2D eigenvalue weighted by Crippen LogP contribution is -2.30. The molecule has 1 N–H and O–H groups in total. The zero-order chi connectivity index (χ0) is 41.8. The molecule has 2 aliphatic rings. The molecule has 1 aliphatic heterocycles. The highest BCUT2D eigenvalue weighted by Crippen LogP contribution is 2.53. The van der Waals surface area contributed by atoms with Crippen molar-refractivity contribution in [3.8, 4) is 16.8 Å². The van der Waals surface area contributed by atoms with Gasteiger partial charge in [0.2, 0.25) is 0 Å². The highest BCUT2D eigenvalue weighted by atomic mass is 15.2. The van der Waals surface area contributed by atoms with Crippen LogP contribution >= 0.6 is 0 Å². The molecule has 0 fully saturated rings. The average Bonchev–Trinajstić information content (AvgIpc) is 3.49. The van der Waals surface area contributed by atoms with Gasteiger partial charge in [-0.1, -0.05) is 166 Å². The van der Waals surface area contributed by atoms with Crippen LogP contribution in [0.25, 0.3) is 49.4 Å². The number of para-hydroxylation sites is 2.